The lowest BCUT2D eigenvalue weighted by atomic mass is 10.1. The van der Waals surface area contributed by atoms with Crippen molar-refractivity contribution in [2.45, 2.75) is 0 Å². The molecule has 3 aromatic carbocycles. The zero-order valence-corrected chi connectivity index (χ0v) is 15.0. The third kappa shape index (κ3) is 3.45. The molecule has 0 saturated carbocycles. The highest BCUT2D eigenvalue weighted by Gasteiger charge is 2.14. The second-order valence-electron chi connectivity index (χ2n) is 6.08. The van der Waals surface area contributed by atoms with Crippen molar-refractivity contribution in [2.75, 3.05) is 12.4 Å². The van der Waals surface area contributed by atoms with E-state index >= 15 is 0 Å². The summed E-state index contributed by atoms with van der Waals surface area (Å²) in [7, 11) is 1.60. The molecule has 138 valence electrons. The van der Waals surface area contributed by atoms with Crippen LogP contribution in [0.15, 0.2) is 72.8 Å². The van der Waals surface area contributed by atoms with Crippen LogP contribution in [0, 0.1) is 10.1 Å². The number of nitrogens with zero attached hydrogens (tertiary/aromatic N) is 3. The van der Waals surface area contributed by atoms with Crippen LogP contribution in [0.1, 0.15) is 0 Å². The van der Waals surface area contributed by atoms with Crippen LogP contribution >= 0.6 is 0 Å². The summed E-state index contributed by atoms with van der Waals surface area (Å²) in [4.78, 5) is 19.9. The molecule has 0 aliphatic rings. The van der Waals surface area contributed by atoms with Gasteiger partial charge in [-0.2, -0.15) is 0 Å². The van der Waals surface area contributed by atoms with Gasteiger partial charge in [0.15, 0.2) is 0 Å². The first-order chi connectivity index (χ1) is 13.6. The normalized spacial score (nSPS) is 10.6. The molecule has 1 aromatic heterocycles. The van der Waals surface area contributed by atoms with Gasteiger partial charge in [0, 0.05) is 34.8 Å². The predicted octanol–water partition coefficient (Wildman–Crippen LogP) is 4.96. The molecule has 4 rings (SSSR count). The number of aromatic nitrogens is 2. The molecule has 0 aliphatic heterocycles. The SMILES string of the molecule is COc1cccc(Nc2nc(-c3ccccc3)c3cc([N+](=O)[O-])ccc3n2)c1. The second kappa shape index (κ2) is 7.32. The maximum Gasteiger partial charge on any atom is 0.270 e. The van der Waals surface area contributed by atoms with Gasteiger partial charge < -0.3 is 10.1 Å². The Balaban J connectivity index is 1.86. The van der Waals surface area contributed by atoms with Crippen molar-refractivity contribution in [3.63, 3.8) is 0 Å². The van der Waals surface area contributed by atoms with Crippen LogP contribution in [0.3, 0.4) is 0 Å². The van der Waals surface area contributed by atoms with Crippen molar-refractivity contribution in [3.05, 3.63) is 82.9 Å². The number of rotatable bonds is 5. The molecule has 1 heterocycles. The van der Waals surface area contributed by atoms with E-state index in [1.807, 2.05) is 54.6 Å². The topological polar surface area (TPSA) is 90.2 Å². The molecule has 0 fully saturated rings. The lowest BCUT2D eigenvalue weighted by Crippen LogP contribution is -2.00. The average molecular weight is 372 g/mol. The number of anilines is 2. The maximum absolute atomic E-state index is 11.2. The monoisotopic (exact) mass is 372 g/mol. The second-order valence-corrected chi connectivity index (χ2v) is 6.08. The molecule has 7 nitrogen and oxygen atoms in total. The number of nitro benzene ring substituents is 1. The summed E-state index contributed by atoms with van der Waals surface area (Å²) in [5, 5.41) is 15.0. The summed E-state index contributed by atoms with van der Waals surface area (Å²) in [5.74, 6) is 1.11. The molecule has 0 radical (unpaired) electrons. The Morgan fingerprint density at radius 3 is 2.54 bits per heavy atom. The van der Waals surface area contributed by atoms with Crippen LogP contribution in [0.4, 0.5) is 17.3 Å². The van der Waals surface area contributed by atoms with Crippen molar-refractivity contribution < 1.29 is 9.66 Å². The third-order valence-electron chi connectivity index (χ3n) is 4.26. The van der Waals surface area contributed by atoms with Gasteiger partial charge in [0.1, 0.15) is 5.75 Å². The van der Waals surface area contributed by atoms with Crippen LogP contribution in [0.5, 0.6) is 5.75 Å². The van der Waals surface area contributed by atoms with Gasteiger partial charge in [-0.1, -0.05) is 36.4 Å². The fourth-order valence-electron chi connectivity index (χ4n) is 2.93. The molecule has 4 aromatic rings. The third-order valence-corrected chi connectivity index (χ3v) is 4.26. The fraction of sp³-hybridized carbons (Fsp3) is 0.0476. The van der Waals surface area contributed by atoms with Gasteiger partial charge in [0.25, 0.3) is 5.69 Å². The van der Waals surface area contributed by atoms with Crippen molar-refractivity contribution in [1.82, 2.24) is 9.97 Å². The molecule has 0 unspecified atom stereocenters. The van der Waals surface area contributed by atoms with E-state index in [-0.39, 0.29) is 5.69 Å². The van der Waals surface area contributed by atoms with Gasteiger partial charge in [-0.15, -0.1) is 0 Å². The summed E-state index contributed by atoms with van der Waals surface area (Å²) in [6.45, 7) is 0. The molecule has 0 aliphatic carbocycles. The van der Waals surface area contributed by atoms with Gasteiger partial charge in [-0.25, -0.2) is 9.97 Å². The first-order valence-corrected chi connectivity index (χ1v) is 8.57. The summed E-state index contributed by atoms with van der Waals surface area (Å²) < 4.78 is 5.25. The largest absolute Gasteiger partial charge is 0.497 e. The lowest BCUT2D eigenvalue weighted by Gasteiger charge is -2.11. The minimum Gasteiger partial charge on any atom is -0.497 e. The van der Waals surface area contributed by atoms with E-state index in [2.05, 4.69) is 15.3 Å². The van der Waals surface area contributed by atoms with E-state index < -0.39 is 4.92 Å². The highest BCUT2D eigenvalue weighted by Crippen LogP contribution is 2.31. The van der Waals surface area contributed by atoms with E-state index in [9.17, 15) is 10.1 Å². The number of hydrogen-bond donors (Lipinski definition) is 1. The zero-order chi connectivity index (χ0) is 19.5. The Hall–Kier alpha value is -4.00. The maximum atomic E-state index is 11.2. The molecule has 0 saturated heterocycles. The van der Waals surface area contributed by atoms with Crippen molar-refractivity contribution in [1.29, 1.82) is 0 Å². The van der Waals surface area contributed by atoms with Crippen LogP contribution in [-0.4, -0.2) is 22.0 Å². The molecule has 1 N–H and O–H groups in total. The standard InChI is InChI=1S/C21H16N4O3/c1-28-17-9-5-8-15(12-17)22-21-23-19-11-10-16(25(26)27)13-18(19)20(24-21)14-6-3-2-4-7-14/h2-13H,1H3,(H,22,23,24). The highest BCUT2D eigenvalue weighted by molar-refractivity contribution is 5.94. The van der Waals surface area contributed by atoms with Gasteiger partial charge in [0.05, 0.1) is 23.2 Å². The fourth-order valence-corrected chi connectivity index (χ4v) is 2.93. The highest BCUT2D eigenvalue weighted by atomic mass is 16.6. The van der Waals surface area contributed by atoms with Crippen LogP contribution in [0.2, 0.25) is 0 Å². The summed E-state index contributed by atoms with van der Waals surface area (Å²) >= 11 is 0. The number of nitro groups is 1. The van der Waals surface area contributed by atoms with Crippen LogP contribution in [0.25, 0.3) is 22.2 Å². The molecule has 0 amide bonds. The first kappa shape index (κ1) is 17.4. The molecule has 7 heteroatoms. The molecule has 0 spiro atoms. The Bertz CT molecular complexity index is 1160. The molecular weight excluding hydrogens is 356 g/mol. The quantitative estimate of drug-likeness (QED) is 0.393. The number of nitrogens with one attached hydrogen (secondary N) is 1. The van der Waals surface area contributed by atoms with Gasteiger partial charge in [-0.05, 0) is 18.2 Å². The molecule has 0 bridgehead atoms. The zero-order valence-electron chi connectivity index (χ0n) is 15.0. The van der Waals surface area contributed by atoms with E-state index in [1.165, 1.54) is 12.1 Å². The Morgan fingerprint density at radius 2 is 1.79 bits per heavy atom. The Kier molecular flexibility index (Phi) is 4.55. The van der Waals surface area contributed by atoms with E-state index in [1.54, 1.807) is 13.2 Å². The smallest absolute Gasteiger partial charge is 0.270 e. The number of non-ortho nitro benzene ring substituents is 1. The number of hydrogen-bond acceptors (Lipinski definition) is 6. The van der Waals surface area contributed by atoms with Gasteiger partial charge in [-0.3, -0.25) is 10.1 Å². The lowest BCUT2D eigenvalue weighted by molar-refractivity contribution is -0.384. The minimum absolute atomic E-state index is 0.00165. The summed E-state index contributed by atoms with van der Waals surface area (Å²) in [6, 6.07) is 21.6. The Morgan fingerprint density at radius 1 is 0.964 bits per heavy atom. The van der Waals surface area contributed by atoms with Crippen molar-refractivity contribution in [3.8, 4) is 17.0 Å². The summed E-state index contributed by atoms with van der Waals surface area (Å²) in [5.41, 5.74) is 2.87. The van der Waals surface area contributed by atoms with Crippen molar-refractivity contribution >= 4 is 28.2 Å². The minimum atomic E-state index is -0.420. The Labute approximate surface area is 160 Å². The number of fused-ring (bicyclic) bond motifs is 1. The molecule has 0 atom stereocenters. The summed E-state index contributed by atoms with van der Waals surface area (Å²) in [6.07, 6.45) is 0. The van der Waals surface area contributed by atoms with E-state index in [0.717, 1.165) is 11.3 Å². The van der Waals surface area contributed by atoms with Crippen molar-refractivity contribution in [2.24, 2.45) is 0 Å². The predicted molar refractivity (Wildman–Crippen MR) is 108 cm³/mol. The van der Waals surface area contributed by atoms with Crippen LogP contribution < -0.4 is 10.1 Å². The number of methoxy groups -OCH3 is 1. The van der Waals surface area contributed by atoms with Gasteiger partial charge >= 0.3 is 0 Å². The van der Waals surface area contributed by atoms with Gasteiger partial charge in [0.2, 0.25) is 5.95 Å². The number of ether oxygens (including phenoxy) is 1. The average Bonchev–Trinajstić information content (AvgIpc) is 2.73. The number of benzene rings is 3. The van der Waals surface area contributed by atoms with E-state index in [4.69, 9.17) is 4.74 Å². The van der Waals surface area contributed by atoms with E-state index in [0.29, 0.717) is 28.3 Å². The molecular formula is C21H16N4O3. The van der Waals surface area contributed by atoms with Crippen LogP contribution in [-0.2, 0) is 0 Å². The molecule has 28 heavy (non-hydrogen) atoms. The first-order valence-electron chi connectivity index (χ1n) is 8.57.